The zero-order valence-corrected chi connectivity index (χ0v) is 14.8. The number of carbonyl (C=O) groups is 1. The highest BCUT2D eigenvalue weighted by molar-refractivity contribution is 5.91. The summed E-state index contributed by atoms with van der Waals surface area (Å²) >= 11 is 0. The number of rotatable bonds is 7. The fraction of sp³-hybridized carbons (Fsp3) is 0.474. The maximum Gasteiger partial charge on any atom is 0.251 e. The Balaban J connectivity index is 1.75. The highest BCUT2D eigenvalue weighted by Gasteiger charge is 2.25. The van der Waals surface area contributed by atoms with E-state index in [9.17, 15) is 4.79 Å². The summed E-state index contributed by atoms with van der Waals surface area (Å²) < 4.78 is 12.2. The predicted octanol–water partition coefficient (Wildman–Crippen LogP) is 2.72. The van der Waals surface area contributed by atoms with Crippen molar-refractivity contribution in [2.24, 2.45) is 0 Å². The molecule has 1 amide bonds. The van der Waals surface area contributed by atoms with Crippen LogP contribution in [-0.2, 0) is 20.7 Å². The molecule has 0 fully saturated rings. The van der Waals surface area contributed by atoms with Gasteiger partial charge in [-0.25, -0.2) is 4.68 Å². The third-order valence-corrected chi connectivity index (χ3v) is 4.53. The number of aromatic nitrogens is 2. The van der Waals surface area contributed by atoms with Gasteiger partial charge in [-0.15, -0.1) is 0 Å². The molecule has 0 saturated carbocycles. The van der Waals surface area contributed by atoms with Gasteiger partial charge in [0.25, 0.3) is 5.91 Å². The molecular formula is C19H25N3O3. The molecule has 0 spiro atoms. The third-order valence-electron chi connectivity index (χ3n) is 4.53. The summed E-state index contributed by atoms with van der Waals surface area (Å²) in [5.74, 6) is 0.576. The Labute approximate surface area is 148 Å². The summed E-state index contributed by atoms with van der Waals surface area (Å²) in [6.07, 6.45) is 5.04. The predicted molar refractivity (Wildman–Crippen MR) is 95.8 cm³/mol. The lowest BCUT2D eigenvalue weighted by atomic mass is 9.88. The molecule has 0 bridgehead atoms. The molecule has 1 aliphatic carbocycles. The van der Waals surface area contributed by atoms with Crippen LogP contribution < -0.4 is 5.32 Å². The van der Waals surface area contributed by atoms with E-state index in [1.165, 1.54) is 11.1 Å². The Bertz CT molecular complexity index is 726. The molecule has 0 radical (unpaired) electrons. The van der Waals surface area contributed by atoms with Crippen molar-refractivity contribution in [2.45, 2.75) is 32.2 Å². The summed E-state index contributed by atoms with van der Waals surface area (Å²) in [7, 11) is 1.60. The van der Waals surface area contributed by atoms with Crippen LogP contribution in [0.4, 0.5) is 5.82 Å². The summed E-state index contributed by atoms with van der Waals surface area (Å²) in [5.41, 5.74) is 3.61. The van der Waals surface area contributed by atoms with Gasteiger partial charge in [-0.3, -0.25) is 4.79 Å². The highest BCUT2D eigenvalue weighted by atomic mass is 16.5. The normalized spacial score (nSPS) is 16.5. The Morgan fingerprint density at radius 2 is 2.20 bits per heavy atom. The van der Waals surface area contributed by atoms with Gasteiger partial charge >= 0.3 is 0 Å². The Kier molecular flexibility index (Phi) is 5.83. The molecule has 3 rings (SSSR count). The van der Waals surface area contributed by atoms with Crippen LogP contribution in [0.3, 0.4) is 0 Å². The molecule has 25 heavy (non-hydrogen) atoms. The zero-order valence-electron chi connectivity index (χ0n) is 14.8. The van der Waals surface area contributed by atoms with E-state index >= 15 is 0 Å². The van der Waals surface area contributed by atoms with Crippen LogP contribution in [0.25, 0.3) is 0 Å². The van der Waals surface area contributed by atoms with Gasteiger partial charge < -0.3 is 14.8 Å². The molecule has 1 aromatic heterocycles. The summed E-state index contributed by atoms with van der Waals surface area (Å²) in [4.78, 5) is 12.2. The molecule has 1 atom stereocenters. The summed E-state index contributed by atoms with van der Waals surface area (Å²) in [6, 6.07) is 8.64. The molecule has 1 N–H and O–H groups in total. The first-order chi connectivity index (χ1) is 12.2. The third kappa shape index (κ3) is 4.08. The van der Waals surface area contributed by atoms with Gasteiger partial charge in [0.05, 0.1) is 25.5 Å². The van der Waals surface area contributed by atoms with Crippen LogP contribution in [0.1, 0.15) is 35.6 Å². The van der Waals surface area contributed by atoms with Crippen molar-refractivity contribution < 1.29 is 14.3 Å². The Hall–Kier alpha value is -2.18. The molecule has 0 aliphatic heterocycles. The van der Waals surface area contributed by atoms with Gasteiger partial charge in [0.15, 0.2) is 0 Å². The molecule has 0 saturated heterocycles. The van der Waals surface area contributed by atoms with E-state index in [1.807, 2.05) is 11.6 Å². The number of nitrogens with zero attached hydrogens (tertiary/aromatic N) is 2. The van der Waals surface area contributed by atoms with Gasteiger partial charge in [0, 0.05) is 12.7 Å². The van der Waals surface area contributed by atoms with Crippen molar-refractivity contribution in [1.29, 1.82) is 0 Å². The number of methoxy groups -OCH3 is 1. The molecule has 1 aliphatic rings. The van der Waals surface area contributed by atoms with Crippen molar-refractivity contribution >= 4 is 11.7 Å². The van der Waals surface area contributed by atoms with E-state index in [2.05, 4.69) is 34.7 Å². The SMILES string of the molecule is COCCOCC(=O)Nc1c(C)cnn1C1CCCc2ccccc21. The lowest BCUT2D eigenvalue weighted by Crippen LogP contribution is -2.25. The van der Waals surface area contributed by atoms with Crippen molar-refractivity contribution in [1.82, 2.24) is 9.78 Å². The number of carbonyl (C=O) groups excluding carboxylic acids is 1. The molecule has 1 aromatic carbocycles. The maximum atomic E-state index is 12.2. The first-order valence-electron chi connectivity index (χ1n) is 8.69. The fourth-order valence-corrected chi connectivity index (χ4v) is 3.30. The van der Waals surface area contributed by atoms with Crippen LogP contribution in [0.15, 0.2) is 30.5 Å². The molecule has 134 valence electrons. The highest BCUT2D eigenvalue weighted by Crippen LogP contribution is 2.35. The van der Waals surface area contributed by atoms with Crippen molar-refractivity contribution in [3.8, 4) is 0 Å². The van der Waals surface area contributed by atoms with Crippen molar-refractivity contribution in [3.05, 3.63) is 47.2 Å². The standard InChI is InChI=1S/C19H25N3O3/c1-14-12-20-22(19(14)21-18(23)13-25-11-10-24-2)17-9-5-7-15-6-3-4-8-16(15)17/h3-4,6,8,12,17H,5,7,9-11,13H2,1-2H3,(H,21,23). The van der Waals surface area contributed by atoms with E-state index in [-0.39, 0.29) is 18.6 Å². The number of amides is 1. The van der Waals surface area contributed by atoms with Gasteiger partial charge in [-0.2, -0.15) is 5.10 Å². The molecule has 2 aromatic rings. The minimum absolute atomic E-state index is 0.00916. The second-order valence-corrected chi connectivity index (χ2v) is 6.32. The number of hydrogen-bond acceptors (Lipinski definition) is 4. The van der Waals surface area contributed by atoms with E-state index in [4.69, 9.17) is 9.47 Å². The Morgan fingerprint density at radius 3 is 3.04 bits per heavy atom. The average Bonchev–Trinajstić information content (AvgIpc) is 2.99. The molecule has 1 unspecified atom stereocenters. The van der Waals surface area contributed by atoms with Crippen molar-refractivity contribution in [3.63, 3.8) is 0 Å². The van der Waals surface area contributed by atoms with Gasteiger partial charge in [-0.1, -0.05) is 24.3 Å². The first kappa shape index (κ1) is 17.6. The quantitative estimate of drug-likeness (QED) is 0.785. The van der Waals surface area contributed by atoms with Gasteiger partial charge in [-0.05, 0) is 37.3 Å². The largest absolute Gasteiger partial charge is 0.382 e. The molecule has 1 heterocycles. The van der Waals surface area contributed by atoms with Gasteiger partial charge in [0.1, 0.15) is 12.4 Å². The molecule has 6 nitrogen and oxygen atoms in total. The second-order valence-electron chi connectivity index (χ2n) is 6.32. The average molecular weight is 343 g/mol. The number of fused-ring (bicyclic) bond motifs is 1. The van der Waals surface area contributed by atoms with Crippen molar-refractivity contribution in [2.75, 3.05) is 32.2 Å². The van der Waals surface area contributed by atoms with Crippen LogP contribution >= 0.6 is 0 Å². The lowest BCUT2D eigenvalue weighted by molar-refractivity contribution is -0.121. The van der Waals surface area contributed by atoms with Crippen LogP contribution in [0.5, 0.6) is 0 Å². The first-order valence-corrected chi connectivity index (χ1v) is 8.69. The summed E-state index contributed by atoms with van der Waals surface area (Å²) in [6.45, 7) is 2.84. The van der Waals surface area contributed by atoms with E-state index < -0.39 is 0 Å². The maximum absolute atomic E-state index is 12.2. The monoisotopic (exact) mass is 343 g/mol. The topological polar surface area (TPSA) is 65.4 Å². The number of anilines is 1. The zero-order chi connectivity index (χ0) is 17.6. The second kappa shape index (κ2) is 8.27. The summed E-state index contributed by atoms with van der Waals surface area (Å²) in [5, 5.41) is 7.50. The fourth-order valence-electron chi connectivity index (χ4n) is 3.30. The van der Waals surface area contributed by atoms with Crippen LogP contribution in [-0.4, -0.2) is 42.6 Å². The number of aryl methyl sites for hydroxylation is 2. The Morgan fingerprint density at radius 1 is 1.36 bits per heavy atom. The van der Waals surface area contributed by atoms with Crippen LogP contribution in [0.2, 0.25) is 0 Å². The number of nitrogens with one attached hydrogen (secondary N) is 1. The number of hydrogen-bond donors (Lipinski definition) is 1. The van der Waals surface area contributed by atoms with E-state index in [1.54, 1.807) is 13.3 Å². The van der Waals surface area contributed by atoms with Gasteiger partial charge in [0.2, 0.25) is 0 Å². The van der Waals surface area contributed by atoms with E-state index in [0.29, 0.717) is 13.2 Å². The smallest absolute Gasteiger partial charge is 0.251 e. The number of ether oxygens (including phenoxy) is 2. The number of benzene rings is 1. The minimum atomic E-state index is -0.176. The minimum Gasteiger partial charge on any atom is -0.382 e. The molecule has 6 heteroatoms. The van der Waals surface area contributed by atoms with E-state index in [0.717, 1.165) is 30.6 Å². The lowest BCUT2D eigenvalue weighted by Gasteiger charge is -2.27. The van der Waals surface area contributed by atoms with Crippen LogP contribution in [0, 0.1) is 6.92 Å². The molecular weight excluding hydrogens is 318 g/mol.